The van der Waals surface area contributed by atoms with Crippen molar-refractivity contribution in [2.75, 3.05) is 6.61 Å². The fourth-order valence-corrected chi connectivity index (χ4v) is 2.30. The van der Waals surface area contributed by atoms with Crippen molar-refractivity contribution >= 4 is 22.6 Å². The molecule has 1 aliphatic rings. The molecule has 1 aromatic carbocycles. The molecule has 4 nitrogen and oxygen atoms in total. The molecule has 0 unspecified atom stereocenters. The van der Waals surface area contributed by atoms with Crippen LogP contribution >= 0.6 is 22.6 Å². The summed E-state index contributed by atoms with van der Waals surface area (Å²) in [5.41, 5.74) is 2.77. The average Bonchev–Trinajstić information content (AvgIpc) is 2.82. The van der Waals surface area contributed by atoms with E-state index in [4.69, 9.17) is 4.74 Å². The van der Waals surface area contributed by atoms with Gasteiger partial charge in [-0.05, 0) is 53.3 Å². The van der Waals surface area contributed by atoms with E-state index in [9.17, 15) is 4.79 Å². The normalized spacial score (nSPS) is 13.2. The first-order valence-electron chi connectivity index (χ1n) is 5.67. The number of fused-ring (bicyclic) bond motifs is 1. The second kappa shape index (κ2) is 4.38. The lowest BCUT2D eigenvalue weighted by Gasteiger charge is -2.05. The molecule has 2 heterocycles. The number of nitrogens with one attached hydrogen (secondary N) is 1. The number of benzene rings is 1. The Hall–Kier alpha value is -1.37. The van der Waals surface area contributed by atoms with Crippen LogP contribution in [0.1, 0.15) is 11.3 Å². The number of hydrogen-bond donors (Lipinski definition) is 1. The van der Waals surface area contributed by atoms with Gasteiger partial charge in [0, 0.05) is 12.0 Å². The van der Waals surface area contributed by atoms with Crippen LogP contribution in [-0.4, -0.2) is 16.6 Å². The minimum absolute atomic E-state index is 0.0881. The maximum absolute atomic E-state index is 11.7. The standard InChI is InChI=1S/C13H11IN2O2/c1-7-11(14)13(17)16-12(15-7)9-2-3-10-8(6-9)4-5-18-10/h2-3,6H,4-5H2,1H3,(H,15,16,17). The van der Waals surface area contributed by atoms with Crippen molar-refractivity contribution in [3.8, 4) is 17.1 Å². The van der Waals surface area contributed by atoms with E-state index in [2.05, 4.69) is 9.97 Å². The van der Waals surface area contributed by atoms with Crippen molar-refractivity contribution in [3.05, 3.63) is 43.4 Å². The lowest BCUT2D eigenvalue weighted by Crippen LogP contribution is -2.14. The monoisotopic (exact) mass is 354 g/mol. The molecule has 1 aromatic heterocycles. The number of halogens is 1. The molecule has 3 rings (SSSR count). The van der Waals surface area contributed by atoms with Crippen LogP contribution in [-0.2, 0) is 6.42 Å². The summed E-state index contributed by atoms with van der Waals surface area (Å²) in [5, 5.41) is 0. The van der Waals surface area contributed by atoms with Crippen LogP contribution in [0.25, 0.3) is 11.4 Å². The highest BCUT2D eigenvalue weighted by Gasteiger charge is 2.14. The van der Waals surface area contributed by atoms with E-state index >= 15 is 0 Å². The van der Waals surface area contributed by atoms with Gasteiger partial charge in [0.2, 0.25) is 0 Å². The smallest absolute Gasteiger partial charge is 0.264 e. The van der Waals surface area contributed by atoms with Crippen LogP contribution in [0.15, 0.2) is 23.0 Å². The molecule has 0 saturated heterocycles. The zero-order valence-electron chi connectivity index (χ0n) is 9.79. The Morgan fingerprint density at radius 3 is 3.06 bits per heavy atom. The fourth-order valence-electron chi connectivity index (χ4n) is 2.04. The quantitative estimate of drug-likeness (QED) is 0.800. The average molecular weight is 354 g/mol. The van der Waals surface area contributed by atoms with Crippen molar-refractivity contribution in [2.45, 2.75) is 13.3 Å². The summed E-state index contributed by atoms with van der Waals surface area (Å²) in [4.78, 5) is 19.0. The van der Waals surface area contributed by atoms with Gasteiger partial charge in [-0.15, -0.1) is 0 Å². The van der Waals surface area contributed by atoms with Gasteiger partial charge in [0.1, 0.15) is 11.6 Å². The van der Waals surface area contributed by atoms with Crippen LogP contribution in [0.4, 0.5) is 0 Å². The van der Waals surface area contributed by atoms with Gasteiger partial charge in [0.25, 0.3) is 5.56 Å². The number of hydrogen-bond acceptors (Lipinski definition) is 3. The lowest BCUT2D eigenvalue weighted by molar-refractivity contribution is 0.357. The SMILES string of the molecule is Cc1nc(-c2ccc3c(c2)CCO3)[nH]c(=O)c1I. The predicted octanol–water partition coefficient (Wildman–Crippen LogP) is 2.28. The maximum atomic E-state index is 11.7. The second-order valence-corrected chi connectivity index (χ2v) is 5.31. The Balaban J connectivity index is 2.13. The minimum atomic E-state index is -0.0881. The van der Waals surface area contributed by atoms with Crippen LogP contribution in [0.2, 0.25) is 0 Å². The minimum Gasteiger partial charge on any atom is -0.493 e. The second-order valence-electron chi connectivity index (χ2n) is 4.23. The third-order valence-corrected chi connectivity index (χ3v) is 4.26. The first kappa shape index (κ1) is 11.7. The van der Waals surface area contributed by atoms with Crippen LogP contribution in [0, 0.1) is 10.5 Å². The summed E-state index contributed by atoms with van der Waals surface area (Å²) in [6.07, 6.45) is 0.913. The number of aryl methyl sites for hydroxylation is 1. The predicted molar refractivity (Wildman–Crippen MR) is 76.9 cm³/mol. The first-order chi connectivity index (χ1) is 8.65. The highest BCUT2D eigenvalue weighted by Crippen LogP contribution is 2.29. The highest BCUT2D eigenvalue weighted by atomic mass is 127. The Morgan fingerprint density at radius 2 is 2.28 bits per heavy atom. The summed E-state index contributed by atoms with van der Waals surface area (Å²) in [7, 11) is 0. The molecule has 0 aliphatic carbocycles. The summed E-state index contributed by atoms with van der Waals surface area (Å²) in [6.45, 7) is 2.57. The molecule has 0 atom stereocenters. The van der Waals surface area contributed by atoms with Crippen LogP contribution in [0.5, 0.6) is 5.75 Å². The molecular formula is C13H11IN2O2. The third kappa shape index (κ3) is 1.92. The lowest BCUT2D eigenvalue weighted by atomic mass is 10.1. The zero-order valence-corrected chi connectivity index (χ0v) is 11.9. The van der Waals surface area contributed by atoms with Crippen LogP contribution in [0.3, 0.4) is 0 Å². The molecule has 0 saturated carbocycles. The van der Waals surface area contributed by atoms with E-state index in [0.29, 0.717) is 9.39 Å². The molecule has 2 aromatic rings. The molecular weight excluding hydrogens is 343 g/mol. The zero-order chi connectivity index (χ0) is 12.7. The van der Waals surface area contributed by atoms with Gasteiger partial charge in [0.15, 0.2) is 0 Å². The molecule has 0 bridgehead atoms. The van der Waals surface area contributed by atoms with E-state index in [1.807, 2.05) is 47.7 Å². The van der Waals surface area contributed by atoms with Crippen LogP contribution < -0.4 is 10.3 Å². The van der Waals surface area contributed by atoms with Crippen molar-refractivity contribution < 1.29 is 4.74 Å². The van der Waals surface area contributed by atoms with Gasteiger partial charge in [0.05, 0.1) is 15.9 Å². The van der Waals surface area contributed by atoms with E-state index in [1.54, 1.807) is 0 Å². The Kier molecular flexibility index (Phi) is 2.85. The number of aromatic amines is 1. The Morgan fingerprint density at radius 1 is 1.44 bits per heavy atom. The van der Waals surface area contributed by atoms with E-state index < -0.39 is 0 Å². The first-order valence-corrected chi connectivity index (χ1v) is 6.75. The highest BCUT2D eigenvalue weighted by molar-refractivity contribution is 14.1. The number of H-pyrrole nitrogens is 1. The number of rotatable bonds is 1. The number of ether oxygens (including phenoxy) is 1. The van der Waals surface area contributed by atoms with E-state index in [-0.39, 0.29) is 5.56 Å². The van der Waals surface area contributed by atoms with Crippen molar-refractivity contribution in [1.82, 2.24) is 9.97 Å². The molecule has 1 N–H and O–H groups in total. The maximum Gasteiger partial charge on any atom is 0.264 e. The molecule has 92 valence electrons. The van der Waals surface area contributed by atoms with Gasteiger partial charge in [-0.3, -0.25) is 4.79 Å². The fraction of sp³-hybridized carbons (Fsp3) is 0.231. The molecule has 1 aliphatic heterocycles. The molecule has 18 heavy (non-hydrogen) atoms. The molecule has 0 amide bonds. The van der Waals surface area contributed by atoms with E-state index in [1.165, 1.54) is 5.56 Å². The van der Waals surface area contributed by atoms with Crippen molar-refractivity contribution in [3.63, 3.8) is 0 Å². The molecule has 0 fully saturated rings. The number of nitrogens with zero attached hydrogens (tertiary/aromatic N) is 1. The van der Waals surface area contributed by atoms with Crippen molar-refractivity contribution in [1.29, 1.82) is 0 Å². The van der Waals surface area contributed by atoms with Gasteiger partial charge < -0.3 is 9.72 Å². The topological polar surface area (TPSA) is 55.0 Å². The summed E-state index contributed by atoms with van der Waals surface area (Å²) in [5.74, 6) is 1.55. The Bertz CT molecular complexity index is 679. The summed E-state index contributed by atoms with van der Waals surface area (Å²) < 4.78 is 6.10. The summed E-state index contributed by atoms with van der Waals surface area (Å²) in [6, 6.07) is 5.90. The van der Waals surface area contributed by atoms with E-state index in [0.717, 1.165) is 30.0 Å². The third-order valence-electron chi connectivity index (χ3n) is 2.99. The van der Waals surface area contributed by atoms with Gasteiger partial charge in [-0.1, -0.05) is 0 Å². The van der Waals surface area contributed by atoms with Gasteiger partial charge in [-0.25, -0.2) is 4.98 Å². The molecule has 0 spiro atoms. The largest absolute Gasteiger partial charge is 0.493 e. The number of aromatic nitrogens is 2. The summed E-state index contributed by atoms with van der Waals surface area (Å²) >= 11 is 2.01. The Labute approximate surface area is 118 Å². The molecule has 0 radical (unpaired) electrons. The van der Waals surface area contributed by atoms with Gasteiger partial charge in [-0.2, -0.15) is 0 Å². The van der Waals surface area contributed by atoms with Gasteiger partial charge >= 0.3 is 0 Å². The van der Waals surface area contributed by atoms with Crippen molar-refractivity contribution in [2.24, 2.45) is 0 Å². The molecule has 5 heteroatoms.